The molecule has 0 saturated heterocycles. The zero-order chi connectivity index (χ0) is 18.5. The number of hydrogen-bond acceptors (Lipinski definition) is 5. The van der Waals surface area contributed by atoms with Crippen LogP contribution in [0.25, 0.3) is 0 Å². The van der Waals surface area contributed by atoms with E-state index in [9.17, 15) is 4.79 Å². The second-order valence-corrected chi connectivity index (χ2v) is 6.29. The molecule has 0 fully saturated rings. The van der Waals surface area contributed by atoms with Crippen LogP contribution in [0.15, 0.2) is 30.3 Å². The highest BCUT2D eigenvalue weighted by molar-refractivity contribution is 5.73. The van der Waals surface area contributed by atoms with Gasteiger partial charge in [-0.05, 0) is 66.6 Å². The molecule has 0 N–H and O–H groups in total. The summed E-state index contributed by atoms with van der Waals surface area (Å²) in [6.45, 7) is 0. The van der Waals surface area contributed by atoms with Crippen LogP contribution in [0.2, 0.25) is 0 Å². The topological polar surface area (TPSA) is 54.0 Å². The van der Waals surface area contributed by atoms with Crippen LogP contribution in [-0.2, 0) is 24.1 Å². The lowest BCUT2D eigenvalue weighted by atomic mass is 10.1. The summed E-state index contributed by atoms with van der Waals surface area (Å²) in [6.07, 6.45) is 4.15. The minimum atomic E-state index is -0.253. The molecule has 1 aliphatic carbocycles. The molecule has 0 heterocycles. The fourth-order valence-electron chi connectivity index (χ4n) is 3.32. The lowest BCUT2D eigenvalue weighted by Crippen LogP contribution is -2.09. The molecular formula is C21H24O5. The van der Waals surface area contributed by atoms with Crippen molar-refractivity contribution in [1.82, 2.24) is 0 Å². The van der Waals surface area contributed by atoms with Gasteiger partial charge in [0.2, 0.25) is 5.75 Å². The van der Waals surface area contributed by atoms with Crippen LogP contribution in [0, 0.1) is 0 Å². The van der Waals surface area contributed by atoms with Gasteiger partial charge in [0.05, 0.1) is 21.3 Å². The van der Waals surface area contributed by atoms with Gasteiger partial charge in [-0.25, -0.2) is 0 Å². The number of esters is 1. The first-order valence-corrected chi connectivity index (χ1v) is 8.76. The Balaban J connectivity index is 1.64. The van der Waals surface area contributed by atoms with Crippen molar-refractivity contribution in [3.05, 3.63) is 47.0 Å². The lowest BCUT2D eigenvalue weighted by molar-refractivity contribution is -0.134. The maximum atomic E-state index is 12.2. The third kappa shape index (κ3) is 3.93. The van der Waals surface area contributed by atoms with Crippen LogP contribution < -0.4 is 18.9 Å². The van der Waals surface area contributed by atoms with Crippen molar-refractivity contribution in [2.24, 2.45) is 0 Å². The summed E-state index contributed by atoms with van der Waals surface area (Å²) in [5.74, 6) is 2.07. The van der Waals surface area contributed by atoms with Crippen molar-refractivity contribution >= 4 is 5.97 Å². The maximum absolute atomic E-state index is 12.2. The van der Waals surface area contributed by atoms with Crippen molar-refractivity contribution in [3.63, 3.8) is 0 Å². The minimum Gasteiger partial charge on any atom is -0.493 e. The summed E-state index contributed by atoms with van der Waals surface area (Å²) >= 11 is 0. The number of fused-ring (bicyclic) bond motifs is 1. The molecule has 138 valence electrons. The molecule has 0 unspecified atom stereocenters. The summed E-state index contributed by atoms with van der Waals surface area (Å²) < 4.78 is 21.5. The Hall–Kier alpha value is -2.69. The van der Waals surface area contributed by atoms with Crippen LogP contribution in [0.5, 0.6) is 23.0 Å². The third-order valence-corrected chi connectivity index (χ3v) is 4.64. The number of rotatable bonds is 7. The molecule has 0 saturated carbocycles. The van der Waals surface area contributed by atoms with Crippen LogP contribution in [0.1, 0.15) is 29.5 Å². The Labute approximate surface area is 153 Å². The summed E-state index contributed by atoms with van der Waals surface area (Å²) in [7, 11) is 4.71. The second-order valence-electron chi connectivity index (χ2n) is 6.29. The second kappa shape index (κ2) is 8.13. The molecule has 3 rings (SSSR count). The Morgan fingerprint density at radius 3 is 2.27 bits per heavy atom. The maximum Gasteiger partial charge on any atom is 0.311 e. The smallest absolute Gasteiger partial charge is 0.311 e. The molecule has 0 atom stereocenters. The van der Waals surface area contributed by atoms with Crippen molar-refractivity contribution in [2.45, 2.75) is 32.1 Å². The van der Waals surface area contributed by atoms with E-state index in [1.54, 1.807) is 21.3 Å². The van der Waals surface area contributed by atoms with Gasteiger partial charge in [-0.1, -0.05) is 6.07 Å². The van der Waals surface area contributed by atoms with Gasteiger partial charge in [-0.3, -0.25) is 4.79 Å². The van der Waals surface area contributed by atoms with E-state index < -0.39 is 0 Å². The number of carbonyl (C=O) groups is 1. The first kappa shape index (κ1) is 18.1. The molecular weight excluding hydrogens is 332 g/mol. The van der Waals surface area contributed by atoms with Gasteiger partial charge in [-0.2, -0.15) is 0 Å². The van der Waals surface area contributed by atoms with E-state index in [-0.39, 0.29) is 12.4 Å². The Kier molecular flexibility index (Phi) is 5.66. The van der Waals surface area contributed by atoms with Crippen LogP contribution >= 0.6 is 0 Å². The van der Waals surface area contributed by atoms with Crippen molar-refractivity contribution in [2.75, 3.05) is 21.3 Å². The summed E-state index contributed by atoms with van der Waals surface area (Å²) in [5, 5.41) is 0. The van der Waals surface area contributed by atoms with Gasteiger partial charge in [0, 0.05) is 6.42 Å². The zero-order valence-corrected chi connectivity index (χ0v) is 15.5. The quantitative estimate of drug-likeness (QED) is 0.559. The number of hydrogen-bond donors (Lipinski definition) is 0. The van der Waals surface area contributed by atoms with E-state index in [1.165, 1.54) is 17.5 Å². The monoisotopic (exact) mass is 356 g/mol. The van der Waals surface area contributed by atoms with E-state index in [0.717, 1.165) is 18.4 Å². The molecule has 26 heavy (non-hydrogen) atoms. The lowest BCUT2D eigenvalue weighted by Gasteiger charge is -2.14. The highest BCUT2D eigenvalue weighted by Gasteiger charge is 2.15. The zero-order valence-electron chi connectivity index (χ0n) is 15.5. The number of ether oxygens (including phenoxy) is 4. The van der Waals surface area contributed by atoms with E-state index in [2.05, 4.69) is 6.07 Å². The molecule has 0 bridgehead atoms. The Morgan fingerprint density at radius 1 is 0.923 bits per heavy atom. The number of benzene rings is 2. The normalized spacial score (nSPS) is 12.4. The molecule has 5 nitrogen and oxygen atoms in total. The summed E-state index contributed by atoms with van der Waals surface area (Å²) in [6, 6.07) is 9.62. The van der Waals surface area contributed by atoms with Gasteiger partial charge in [0.1, 0.15) is 5.75 Å². The molecule has 0 aromatic heterocycles. The fourth-order valence-corrected chi connectivity index (χ4v) is 3.32. The van der Waals surface area contributed by atoms with Crippen molar-refractivity contribution in [3.8, 4) is 23.0 Å². The Bertz CT molecular complexity index is 772. The fraction of sp³-hybridized carbons (Fsp3) is 0.381. The van der Waals surface area contributed by atoms with Gasteiger partial charge in [0.15, 0.2) is 11.5 Å². The van der Waals surface area contributed by atoms with Crippen molar-refractivity contribution < 1.29 is 23.7 Å². The van der Waals surface area contributed by atoms with Gasteiger partial charge in [0.25, 0.3) is 0 Å². The number of methoxy groups -OCH3 is 3. The molecule has 0 radical (unpaired) electrons. The van der Waals surface area contributed by atoms with Crippen molar-refractivity contribution in [1.29, 1.82) is 0 Å². The molecule has 0 aliphatic heterocycles. The molecule has 0 spiro atoms. The standard InChI is InChI=1S/C21H24O5/c1-23-18-11-14(12-19(24-2)21(18)25-3)7-10-20(22)26-17-9-8-15-5-4-6-16(15)13-17/h8-9,11-13H,4-7,10H2,1-3H3. The van der Waals surface area contributed by atoms with Gasteiger partial charge in [-0.15, -0.1) is 0 Å². The summed E-state index contributed by atoms with van der Waals surface area (Å²) in [5.41, 5.74) is 3.58. The average Bonchev–Trinajstić information content (AvgIpc) is 3.13. The highest BCUT2D eigenvalue weighted by atomic mass is 16.5. The third-order valence-electron chi connectivity index (χ3n) is 4.64. The average molecular weight is 356 g/mol. The number of carbonyl (C=O) groups excluding carboxylic acids is 1. The molecule has 5 heteroatoms. The molecule has 0 amide bonds. The Morgan fingerprint density at radius 2 is 1.62 bits per heavy atom. The van der Waals surface area contributed by atoms with Gasteiger partial charge < -0.3 is 18.9 Å². The molecule has 1 aliphatic rings. The largest absolute Gasteiger partial charge is 0.493 e. The first-order chi connectivity index (χ1) is 12.6. The number of aryl methyl sites for hydroxylation is 3. The molecule has 2 aromatic carbocycles. The van der Waals surface area contributed by atoms with E-state index in [4.69, 9.17) is 18.9 Å². The van der Waals surface area contributed by atoms with Gasteiger partial charge >= 0.3 is 5.97 Å². The predicted octanol–water partition coefficient (Wildman–Crippen LogP) is 3.74. The SMILES string of the molecule is COc1cc(CCC(=O)Oc2ccc3c(c2)CCC3)cc(OC)c1OC. The summed E-state index contributed by atoms with van der Waals surface area (Å²) in [4.78, 5) is 12.2. The van der Waals surface area contributed by atoms with Crippen LogP contribution in [0.4, 0.5) is 0 Å². The van der Waals surface area contributed by atoms with E-state index >= 15 is 0 Å². The highest BCUT2D eigenvalue weighted by Crippen LogP contribution is 2.38. The van der Waals surface area contributed by atoms with Crippen LogP contribution in [-0.4, -0.2) is 27.3 Å². The van der Waals surface area contributed by atoms with E-state index in [0.29, 0.717) is 29.4 Å². The minimum absolute atomic E-state index is 0.253. The predicted molar refractivity (Wildman–Crippen MR) is 98.5 cm³/mol. The molecule has 2 aromatic rings. The van der Waals surface area contributed by atoms with E-state index in [1.807, 2.05) is 24.3 Å². The first-order valence-electron chi connectivity index (χ1n) is 8.76. The van der Waals surface area contributed by atoms with Crippen LogP contribution in [0.3, 0.4) is 0 Å².